The number of hydrogen-bond acceptors (Lipinski definition) is 9. The summed E-state index contributed by atoms with van der Waals surface area (Å²) in [6.07, 6.45) is 7.75. The molecule has 1 aliphatic rings. The summed E-state index contributed by atoms with van der Waals surface area (Å²) < 4.78 is 5.83. The third-order valence-electron chi connectivity index (χ3n) is 7.95. The summed E-state index contributed by atoms with van der Waals surface area (Å²) in [7, 11) is 0. The standard InChI is InChI=1S/C35H37ClN6O4/c1-22-27(6-3-8-29(22)34(37)46-32(10-5-15-43)30(36)18-38-21-44)28-7-4-9-31(23(28)2)41-35-33-25(11-13-39-35)16-24(17-40-33)19-42-14-12-26(45)20-42/h3-4,6-11,13,16-18,21,26,37,43,45H,5,12,14-15,19-20H2,1-2H3,(H,38,44)(H,39,41)/b30-18+,32-10+,37-34?. The first-order chi connectivity index (χ1) is 22.3. The maximum absolute atomic E-state index is 10.7. The van der Waals surface area contributed by atoms with Crippen LogP contribution in [0.25, 0.3) is 22.0 Å². The summed E-state index contributed by atoms with van der Waals surface area (Å²) in [4.78, 5) is 22.3. The van der Waals surface area contributed by atoms with Crippen molar-refractivity contribution in [1.82, 2.24) is 20.2 Å². The topological polar surface area (TPSA) is 144 Å². The number of hydrogen-bond donors (Lipinski definition) is 5. The van der Waals surface area contributed by atoms with Gasteiger partial charge < -0.3 is 25.6 Å². The molecule has 1 amide bonds. The highest BCUT2D eigenvalue weighted by Crippen LogP contribution is 2.34. The van der Waals surface area contributed by atoms with Crippen LogP contribution in [0.15, 0.2) is 84.0 Å². The van der Waals surface area contributed by atoms with E-state index in [1.54, 1.807) is 18.3 Å². The molecule has 2 aromatic carbocycles. The molecule has 1 fully saturated rings. The minimum absolute atomic E-state index is 0.0907. The van der Waals surface area contributed by atoms with E-state index in [0.29, 0.717) is 24.3 Å². The Morgan fingerprint density at radius 1 is 1.15 bits per heavy atom. The number of β-amino-alcohol motifs (C(OH)–C–C–N with tert-alkyl or cyclic N) is 1. The van der Waals surface area contributed by atoms with Crippen LogP contribution in [0.5, 0.6) is 0 Å². The van der Waals surface area contributed by atoms with Crippen molar-refractivity contribution in [2.75, 3.05) is 25.0 Å². The lowest BCUT2D eigenvalue weighted by Gasteiger charge is -2.18. The van der Waals surface area contributed by atoms with E-state index in [4.69, 9.17) is 26.7 Å². The Kier molecular flexibility index (Phi) is 10.8. The van der Waals surface area contributed by atoms with Crippen molar-refractivity contribution in [2.24, 2.45) is 0 Å². The van der Waals surface area contributed by atoms with Gasteiger partial charge in [-0.15, -0.1) is 0 Å². The van der Waals surface area contributed by atoms with Crippen LogP contribution >= 0.6 is 11.6 Å². The number of likely N-dealkylation sites (tertiary alicyclic amines) is 1. The normalized spacial score (nSPS) is 15.6. The molecule has 238 valence electrons. The molecule has 3 heterocycles. The molecule has 1 saturated heterocycles. The zero-order valence-electron chi connectivity index (χ0n) is 25.8. The van der Waals surface area contributed by atoms with Crippen LogP contribution in [0.4, 0.5) is 11.5 Å². The molecule has 1 aliphatic heterocycles. The third kappa shape index (κ3) is 7.60. The number of ether oxygens (including phenoxy) is 1. The number of nitrogens with zero attached hydrogens (tertiary/aromatic N) is 3. The van der Waals surface area contributed by atoms with Gasteiger partial charge in [0.15, 0.2) is 5.82 Å². The number of pyridine rings is 2. The van der Waals surface area contributed by atoms with Gasteiger partial charge >= 0.3 is 0 Å². The highest BCUT2D eigenvalue weighted by Gasteiger charge is 2.21. The van der Waals surface area contributed by atoms with Crippen molar-refractivity contribution < 1.29 is 19.7 Å². The Labute approximate surface area is 272 Å². The van der Waals surface area contributed by atoms with Crippen LogP contribution in [0.3, 0.4) is 0 Å². The molecule has 0 saturated carbocycles. The summed E-state index contributed by atoms with van der Waals surface area (Å²) in [6, 6.07) is 15.8. The molecule has 5 N–H and O–H groups in total. The molecule has 1 atom stereocenters. The number of carbonyl (C=O) groups is 1. The van der Waals surface area contributed by atoms with Crippen LogP contribution in [0.2, 0.25) is 0 Å². The van der Waals surface area contributed by atoms with E-state index in [1.807, 2.05) is 56.4 Å². The predicted octanol–water partition coefficient (Wildman–Crippen LogP) is 5.66. The fourth-order valence-corrected chi connectivity index (χ4v) is 5.77. The minimum atomic E-state index is -0.259. The number of aromatic nitrogens is 2. The van der Waals surface area contributed by atoms with E-state index >= 15 is 0 Å². The molecule has 0 bridgehead atoms. The van der Waals surface area contributed by atoms with Crippen molar-refractivity contribution in [3.8, 4) is 11.1 Å². The SMILES string of the molecule is Cc1c(Nc2nccc3cc(CN4CCC(O)C4)cnc23)cccc1-c1cccc(C(=N)OC(=C/CCO)/C(Cl)=C\NC=O)c1C. The van der Waals surface area contributed by atoms with E-state index < -0.39 is 0 Å². The van der Waals surface area contributed by atoms with Gasteiger partial charge in [0, 0.05) is 61.5 Å². The highest BCUT2D eigenvalue weighted by atomic mass is 35.5. The fourth-order valence-electron chi connectivity index (χ4n) is 5.59. The van der Waals surface area contributed by atoms with Crippen molar-refractivity contribution in [2.45, 2.75) is 39.3 Å². The molecule has 0 aliphatic carbocycles. The fraction of sp³-hybridized carbons (Fsp3) is 0.257. The van der Waals surface area contributed by atoms with Crippen LogP contribution in [-0.4, -0.2) is 63.2 Å². The number of allylic oxidation sites excluding steroid dienone is 1. The van der Waals surface area contributed by atoms with E-state index in [2.05, 4.69) is 26.6 Å². The zero-order chi connectivity index (χ0) is 32.6. The molecular formula is C35H37ClN6O4. The molecule has 5 rings (SSSR count). The maximum atomic E-state index is 10.7. The number of halogens is 1. The largest absolute Gasteiger partial charge is 0.438 e. The van der Waals surface area contributed by atoms with Gasteiger partial charge in [0.05, 0.1) is 11.1 Å². The number of nitrogens with one attached hydrogen (secondary N) is 3. The molecule has 4 aromatic rings. The summed E-state index contributed by atoms with van der Waals surface area (Å²) in [5.41, 5.74) is 7.03. The summed E-state index contributed by atoms with van der Waals surface area (Å²) in [5, 5.41) is 34.8. The molecule has 1 unspecified atom stereocenters. The van der Waals surface area contributed by atoms with Gasteiger partial charge in [-0.2, -0.15) is 0 Å². The average Bonchev–Trinajstić information content (AvgIpc) is 3.47. The Morgan fingerprint density at radius 2 is 1.93 bits per heavy atom. The second-order valence-corrected chi connectivity index (χ2v) is 11.5. The number of rotatable bonds is 12. The van der Waals surface area contributed by atoms with Crippen molar-refractivity contribution in [1.29, 1.82) is 5.41 Å². The quantitative estimate of drug-likeness (QED) is 0.0439. The van der Waals surface area contributed by atoms with E-state index in [9.17, 15) is 15.0 Å². The first-order valence-corrected chi connectivity index (χ1v) is 15.4. The van der Waals surface area contributed by atoms with E-state index in [1.165, 1.54) is 6.20 Å². The minimum Gasteiger partial charge on any atom is -0.438 e. The van der Waals surface area contributed by atoms with Gasteiger partial charge in [0.2, 0.25) is 12.3 Å². The molecule has 0 spiro atoms. The maximum Gasteiger partial charge on any atom is 0.219 e. The van der Waals surface area contributed by atoms with Gasteiger partial charge in [0.25, 0.3) is 0 Å². The third-order valence-corrected chi connectivity index (χ3v) is 8.24. The Morgan fingerprint density at radius 3 is 2.67 bits per heavy atom. The molecule has 2 aromatic heterocycles. The molecule has 46 heavy (non-hydrogen) atoms. The van der Waals surface area contributed by atoms with Crippen molar-refractivity contribution in [3.05, 3.63) is 106 Å². The highest BCUT2D eigenvalue weighted by molar-refractivity contribution is 6.31. The van der Waals surface area contributed by atoms with E-state index in [-0.39, 0.29) is 35.8 Å². The molecule has 10 nitrogen and oxygen atoms in total. The predicted molar refractivity (Wildman–Crippen MR) is 181 cm³/mol. The number of amides is 1. The van der Waals surface area contributed by atoms with Gasteiger partial charge in [-0.3, -0.25) is 20.1 Å². The first kappa shape index (κ1) is 32.8. The molecule has 0 radical (unpaired) electrons. The summed E-state index contributed by atoms with van der Waals surface area (Å²) >= 11 is 6.29. The van der Waals surface area contributed by atoms with E-state index in [0.717, 1.165) is 63.9 Å². The number of aliphatic hydroxyl groups excluding tert-OH is 2. The number of anilines is 2. The van der Waals surface area contributed by atoms with Gasteiger partial charge in [0.1, 0.15) is 11.3 Å². The molecular weight excluding hydrogens is 604 g/mol. The second-order valence-electron chi connectivity index (χ2n) is 11.1. The number of carbonyl (C=O) groups excluding carboxylic acids is 1. The lowest BCUT2D eigenvalue weighted by Crippen LogP contribution is -2.21. The zero-order valence-corrected chi connectivity index (χ0v) is 26.5. The average molecular weight is 641 g/mol. The van der Waals surface area contributed by atoms with Crippen LogP contribution in [0, 0.1) is 19.3 Å². The van der Waals surface area contributed by atoms with Crippen LogP contribution in [0.1, 0.15) is 35.1 Å². The number of benzene rings is 2. The van der Waals surface area contributed by atoms with Crippen molar-refractivity contribution in [3.63, 3.8) is 0 Å². The van der Waals surface area contributed by atoms with Gasteiger partial charge in [-0.1, -0.05) is 35.9 Å². The smallest absolute Gasteiger partial charge is 0.219 e. The van der Waals surface area contributed by atoms with Crippen LogP contribution < -0.4 is 10.6 Å². The summed E-state index contributed by atoms with van der Waals surface area (Å²) in [5.74, 6) is 0.678. The lowest BCUT2D eigenvalue weighted by atomic mass is 9.92. The Hall–Kier alpha value is -4.61. The lowest BCUT2D eigenvalue weighted by molar-refractivity contribution is -0.108. The Balaban J connectivity index is 1.40. The Bertz CT molecular complexity index is 1810. The van der Waals surface area contributed by atoms with Gasteiger partial charge in [-0.25, -0.2) is 4.98 Å². The monoisotopic (exact) mass is 640 g/mol. The number of aliphatic hydroxyl groups is 2. The molecule has 11 heteroatoms. The van der Waals surface area contributed by atoms with Crippen LogP contribution in [-0.2, 0) is 16.1 Å². The second kappa shape index (κ2) is 15.1. The summed E-state index contributed by atoms with van der Waals surface area (Å²) in [6.45, 7) is 6.15. The first-order valence-electron chi connectivity index (χ1n) is 15.0. The number of fused-ring (bicyclic) bond motifs is 1. The van der Waals surface area contributed by atoms with Crippen molar-refractivity contribution >= 4 is 46.3 Å². The van der Waals surface area contributed by atoms with Gasteiger partial charge in [-0.05, 0) is 84.8 Å².